The van der Waals surface area contributed by atoms with Gasteiger partial charge in [0.15, 0.2) is 6.10 Å². The number of nitrogens with zero attached hydrogens (tertiary/aromatic N) is 2. The van der Waals surface area contributed by atoms with Gasteiger partial charge in [0.2, 0.25) is 0 Å². The van der Waals surface area contributed by atoms with Crippen LogP contribution in [0.3, 0.4) is 0 Å². The third kappa shape index (κ3) is 3.70. The number of hydrogen-bond acceptors (Lipinski definition) is 4. The van der Waals surface area contributed by atoms with Gasteiger partial charge < -0.3 is 15.2 Å². The number of amides is 1. The second-order valence-corrected chi connectivity index (χ2v) is 4.78. The zero-order chi connectivity index (χ0) is 16.1. The van der Waals surface area contributed by atoms with Crippen molar-refractivity contribution in [3.8, 4) is 5.69 Å². The minimum Gasteiger partial charge on any atom is -0.479 e. The van der Waals surface area contributed by atoms with Crippen LogP contribution in [0.5, 0.6) is 0 Å². The maximum atomic E-state index is 12.0. The number of rotatable bonds is 6. The summed E-state index contributed by atoms with van der Waals surface area (Å²) in [6.45, 7) is 1.85. The molecule has 1 aromatic carbocycles. The number of methoxy groups -OCH3 is 1. The summed E-state index contributed by atoms with van der Waals surface area (Å²) >= 11 is 0. The van der Waals surface area contributed by atoms with Gasteiger partial charge in [-0.2, -0.15) is 5.10 Å². The molecule has 2 aromatic rings. The monoisotopic (exact) mass is 303 g/mol. The van der Waals surface area contributed by atoms with E-state index in [2.05, 4.69) is 10.4 Å². The van der Waals surface area contributed by atoms with E-state index in [1.165, 1.54) is 7.11 Å². The lowest BCUT2D eigenvalue weighted by Gasteiger charge is -2.11. The molecule has 1 amide bonds. The van der Waals surface area contributed by atoms with Crippen LogP contribution in [0.4, 0.5) is 0 Å². The summed E-state index contributed by atoms with van der Waals surface area (Å²) in [5, 5.41) is 15.5. The van der Waals surface area contributed by atoms with Gasteiger partial charge in [0.25, 0.3) is 5.91 Å². The summed E-state index contributed by atoms with van der Waals surface area (Å²) in [6.07, 6.45) is 2.57. The van der Waals surface area contributed by atoms with E-state index in [0.29, 0.717) is 5.56 Å². The summed E-state index contributed by atoms with van der Waals surface area (Å²) in [7, 11) is 1.28. The highest BCUT2D eigenvalue weighted by molar-refractivity contribution is 5.94. The van der Waals surface area contributed by atoms with Gasteiger partial charge in [0.05, 0.1) is 18.4 Å². The Morgan fingerprint density at radius 1 is 1.36 bits per heavy atom. The molecule has 0 radical (unpaired) electrons. The molecule has 1 unspecified atom stereocenters. The van der Waals surface area contributed by atoms with Crippen LogP contribution >= 0.6 is 0 Å². The molecule has 7 nitrogen and oxygen atoms in total. The van der Waals surface area contributed by atoms with Crippen molar-refractivity contribution < 1.29 is 19.4 Å². The fourth-order valence-corrected chi connectivity index (χ4v) is 1.88. The fourth-order valence-electron chi connectivity index (χ4n) is 1.88. The lowest BCUT2D eigenvalue weighted by Crippen LogP contribution is -2.37. The minimum atomic E-state index is -1.12. The van der Waals surface area contributed by atoms with Crippen LogP contribution in [0.2, 0.25) is 0 Å². The van der Waals surface area contributed by atoms with Crippen molar-refractivity contribution in [2.45, 2.75) is 13.0 Å². The van der Waals surface area contributed by atoms with Crippen LogP contribution in [0.15, 0.2) is 36.7 Å². The van der Waals surface area contributed by atoms with E-state index in [-0.39, 0.29) is 12.5 Å². The molecular formula is C15H17N3O4. The SMILES string of the molecule is COC(CNC(=O)c1ccc(-n2cc(C)cn2)cc1)C(=O)O. The Balaban J connectivity index is 2.01. The van der Waals surface area contributed by atoms with Crippen molar-refractivity contribution in [2.24, 2.45) is 0 Å². The average Bonchev–Trinajstić information content (AvgIpc) is 2.94. The van der Waals surface area contributed by atoms with Crippen LogP contribution in [0.1, 0.15) is 15.9 Å². The van der Waals surface area contributed by atoms with E-state index >= 15 is 0 Å². The summed E-state index contributed by atoms with van der Waals surface area (Å²) in [4.78, 5) is 22.8. The van der Waals surface area contributed by atoms with Crippen LogP contribution in [0.25, 0.3) is 5.69 Å². The molecular weight excluding hydrogens is 286 g/mol. The third-order valence-corrected chi connectivity index (χ3v) is 3.11. The quantitative estimate of drug-likeness (QED) is 0.830. The molecule has 0 aliphatic heterocycles. The number of carbonyl (C=O) groups excluding carboxylic acids is 1. The number of aryl methyl sites for hydroxylation is 1. The number of hydrogen-bond donors (Lipinski definition) is 2. The van der Waals surface area contributed by atoms with Crippen LogP contribution in [-0.4, -0.2) is 46.5 Å². The van der Waals surface area contributed by atoms with Crippen LogP contribution < -0.4 is 5.32 Å². The molecule has 1 atom stereocenters. The number of nitrogens with one attached hydrogen (secondary N) is 1. The summed E-state index contributed by atoms with van der Waals surface area (Å²) in [5.74, 6) is -1.47. The summed E-state index contributed by atoms with van der Waals surface area (Å²) in [6, 6.07) is 6.85. The van der Waals surface area contributed by atoms with Crippen molar-refractivity contribution in [3.05, 3.63) is 47.8 Å². The normalized spacial score (nSPS) is 11.9. The van der Waals surface area contributed by atoms with Gasteiger partial charge in [0.1, 0.15) is 0 Å². The number of carboxylic acid groups (broad SMARTS) is 1. The van der Waals surface area contributed by atoms with Gasteiger partial charge in [-0.25, -0.2) is 9.48 Å². The first kappa shape index (κ1) is 15.7. The predicted octanol–water partition coefficient (Wildman–Crippen LogP) is 1.01. The fraction of sp³-hybridized carbons (Fsp3) is 0.267. The lowest BCUT2D eigenvalue weighted by molar-refractivity contribution is -0.148. The van der Waals surface area contributed by atoms with Crippen molar-refractivity contribution in [3.63, 3.8) is 0 Å². The molecule has 116 valence electrons. The molecule has 0 spiro atoms. The molecule has 1 aromatic heterocycles. The second-order valence-electron chi connectivity index (χ2n) is 4.78. The highest BCUT2D eigenvalue weighted by Gasteiger charge is 2.17. The molecule has 0 fully saturated rings. The number of aliphatic carboxylic acids is 1. The van der Waals surface area contributed by atoms with E-state index < -0.39 is 12.1 Å². The largest absolute Gasteiger partial charge is 0.479 e. The topological polar surface area (TPSA) is 93.5 Å². The van der Waals surface area contributed by atoms with E-state index in [9.17, 15) is 9.59 Å². The van der Waals surface area contributed by atoms with Crippen LogP contribution in [0, 0.1) is 6.92 Å². The molecule has 2 rings (SSSR count). The molecule has 0 aliphatic rings. The van der Waals surface area contributed by atoms with Gasteiger partial charge in [-0.1, -0.05) is 0 Å². The van der Waals surface area contributed by atoms with Gasteiger partial charge in [-0.15, -0.1) is 0 Å². The van der Waals surface area contributed by atoms with Crippen molar-refractivity contribution in [1.82, 2.24) is 15.1 Å². The first-order chi connectivity index (χ1) is 10.5. The van der Waals surface area contributed by atoms with Crippen LogP contribution in [-0.2, 0) is 9.53 Å². The lowest BCUT2D eigenvalue weighted by atomic mass is 10.2. The Morgan fingerprint density at radius 3 is 2.55 bits per heavy atom. The maximum absolute atomic E-state index is 12.0. The Bertz CT molecular complexity index is 664. The predicted molar refractivity (Wildman–Crippen MR) is 79.1 cm³/mol. The Labute approximate surface area is 127 Å². The van der Waals surface area contributed by atoms with Gasteiger partial charge >= 0.3 is 5.97 Å². The van der Waals surface area contributed by atoms with E-state index in [4.69, 9.17) is 9.84 Å². The molecule has 7 heteroatoms. The van der Waals surface area contributed by atoms with Gasteiger partial charge in [-0.05, 0) is 36.8 Å². The Hall–Kier alpha value is -2.67. The zero-order valence-electron chi connectivity index (χ0n) is 12.3. The van der Waals surface area contributed by atoms with E-state index in [0.717, 1.165) is 11.3 Å². The minimum absolute atomic E-state index is 0.0925. The molecule has 0 saturated heterocycles. The third-order valence-electron chi connectivity index (χ3n) is 3.11. The molecule has 0 saturated carbocycles. The smallest absolute Gasteiger partial charge is 0.334 e. The molecule has 22 heavy (non-hydrogen) atoms. The number of carboxylic acids is 1. The standard InChI is InChI=1S/C15H17N3O4/c1-10-7-17-18(9-10)12-5-3-11(4-6-12)14(19)16-8-13(22-2)15(20)21/h3-7,9,13H,8H2,1-2H3,(H,16,19)(H,20,21). The maximum Gasteiger partial charge on any atom is 0.334 e. The first-order valence-corrected chi connectivity index (χ1v) is 6.67. The van der Waals surface area contributed by atoms with Crippen molar-refractivity contribution in [2.75, 3.05) is 13.7 Å². The summed E-state index contributed by atoms with van der Waals surface area (Å²) in [5.41, 5.74) is 2.32. The highest BCUT2D eigenvalue weighted by atomic mass is 16.5. The molecule has 0 bridgehead atoms. The number of benzene rings is 1. The summed E-state index contributed by atoms with van der Waals surface area (Å²) < 4.78 is 6.46. The average molecular weight is 303 g/mol. The molecule has 1 heterocycles. The zero-order valence-corrected chi connectivity index (χ0v) is 12.3. The Morgan fingerprint density at radius 2 is 2.05 bits per heavy atom. The van der Waals surface area contributed by atoms with Gasteiger partial charge in [-0.3, -0.25) is 4.79 Å². The van der Waals surface area contributed by atoms with E-state index in [1.807, 2.05) is 13.1 Å². The molecule has 2 N–H and O–H groups in total. The highest BCUT2D eigenvalue weighted by Crippen LogP contribution is 2.10. The van der Waals surface area contributed by atoms with Crippen molar-refractivity contribution in [1.29, 1.82) is 0 Å². The number of ether oxygens (including phenoxy) is 1. The molecule has 0 aliphatic carbocycles. The van der Waals surface area contributed by atoms with Crippen molar-refractivity contribution >= 4 is 11.9 Å². The Kier molecular flexibility index (Phi) is 4.90. The number of aromatic nitrogens is 2. The number of carbonyl (C=O) groups is 2. The first-order valence-electron chi connectivity index (χ1n) is 6.67. The second kappa shape index (κ2) is 6.86. The van der Waals surface area contributed by atoms with E-state index in [1.54, 1.807) is 35.1 Å². The van der Waals surface area contributed by atoms with Gasteiger partial charge in [0, 0.05) is 18.9 Å².